The highest BCUT2D eigenvalue weighted by Crippen LogP contribution is 2.12. The fourth-order valence-corrected chi connectivity index (χ4v) is 1.95. The number of hydrogen-bond acceptors (Lipinski definition) is 6. The van der Waals surface area contributed by atoms with Gasteiger partial charge in [-0.3, -0.25) is 9.59 Å². The van der Waals surface area contributed by atoms with Gasteiger partial charge in [-0.1, -0.05) is 18.2 Å². The summed E-state index contributed by atoms with van der Waals surface area (Å²) in [6, 6.07) is 13.9. The van der Waals surface area contributed by atoms with Gasteiger partial charge in [0, 0.05) is 11.1 Å². The second kappa shape index (κ2) is 8.39. The van der Waals surface area contributed by atoms with E-state index in [1.807, 2.05) is 0 Å². The van der Waals surface area contributed by atoms with Gasteiger partial charge in [0.25, 0.3) is 5.91 Å². The second-order valence-electron chi connectivity index (χ2n) is 5.00. The number of hydrogen-bond donors (Lipinski definition) is 2. The van der Waals surface area contributed by atoms with Crippen molar-refractivity contribution in [1.29, 1.82) is 0 Å². The normalized spacial score (nSPS) is 10.8. The molecule has 0 unspecified atom stereocenters. The zero-order valence-electron chi connectivity index (χ0n) is 13.4. The second-order valence-corrected chi connectivity index (χ2v) is 5.00. The summed E-state index contributed by atoms with van der Waals surface area (Å²) in [6.45, 7) is 0. The summed E-state index contributed by atoms with van der Waals surface area (Å²) in [5.41, 5.74) is 2.66. The van der Waals surface area contributed by atoms with E-state index in [-0.39, 0.29) is 17.9 Å². The highest BCUT2D eigenvalue weighted by Gasteiger charge is 2.18. The Hall–Kier alpha value is -3.48. The van der Waals surface area contributed by atoms with Gasteiger partial charge in [-0.15, -0.1) is 0 Å². The maximum atomic E-state index is 12.2. The zero-order chi connectivity index (χ0) is 18.2. The number of methoxy groups -OCH3 is 1. The average Bonchev–Trinajstić information content (AvgIpc) is 2.65. The van der Waals surface area contributed by atoms with Crippen LogP contribution in [0.4, 0.5) is 0 Å². The summed E-state index contributed by atoms with van der Waals surface area (Å²) in [5.74, 6) is -1.72. The number of phenols is 1. The Morgan fingerprint density at radius 3 is 2.24 bits per heavy atom. The number of nitrogens with one attached hydrogen (secondary N) is 1. The van der Waals surface area contributed by atoms with E-state index in [0.29, 0.717) is 11.1 Å². The molecule has 7 nitrogen and oxygen atoms in total. The molecule has 0 radical (unpaired) electrons. The number of carbonyl (C=O) groups is 3. The van der Waals surface area contributed by atoms with E-state index >= 15 is 0 Å². The minimum absolute atomic E-state index is 0.0218. The molecule has 1 amide bonds. The first-order valence-corrected chi connectivity index (χ1v) is 7.33. The number of rotatable bonds is 6. The third-order valence-electron chi connectivity index (χ3n) is 3.27. The molecule has 0 aliphatic rings. The minimum Gasteiger partial charge on any atom is -0.508 e. The van der Waals surface area contributed by atoms with Crippen LogP contribution in [0.5, 0.6) is 5.75 Å². The molecule has 0 aromatic heterocycles. The largest absolute Gasteiger partial charge is 0.508 e. The van der Waals surface area contributed by atoms with Gasteiger partial charge in [-0.2, -0.15) is 5.10 Å². The summed E-state index contributed by atoms with van der Waals surface area (Å²) < 4.78 is 4.59. The molecule has 0 heterocycles. The lowest BCUT2D eigenvalue weighted by atomic mass is 10.1. The van der Waals surface area contributed by atoms with Crippen LogP contribution in [0.15, 0.2) is 59.7 Å². The quantitative estimate of drug-likeness (QED) is 0.362. The van der Waals surface area contributed by atoms with Crippen LogP contribution in [0.2, 0.25) is 0 Å². The molecule has 0 bridgehead atoms. The molecule has 0 atom stereocenters. The van der Waals surface area contributed by atoms with Crippen molar-refractivity contribution in [3.8, 4) is 5.75 Å². The van der Waals surface area contributed by atoms with Gasteiger partial charge in [0.05, 0.1) is 13.5 Å². The molecule has 0 saturated heterocycles. The highest BCUT2D eigenvalue weighted by molar-refractivity contribution is 6.40. The molecule has 2 aromatic carbocycles. The number of phenolic OH excluding ortho intramolecular Hbond substituents is 1. The molecular weight excluding hydrogens is 324 g/mol. The number of Topliss-reactive ketones (excluding diaryl/α,β-unsaturated/α-hetero) is 1. The van der Waals surface area contributed by atoms with Crippen LogP contribution < -0.4 is 5.43 Å². The lowest BCUT2D eigenvalue weighted by molar-refractivity contribution is -0.132. The summed E-state index contributed by atoms with van der Waals surface area (Å²) >= 11 is 0. The van der Waals surface area contributed by atoms with E-state index in [1.165, 1.54) is 24.3 Å². The van der Waals surface area contributed by atoms with Gasteiger partial charge in [0.15, 0.2) is 11.5 Å². The van der Waals surface area contributed by atoms with Crippen molar-refractivity contribution in [3.63, 3.8) is 0 Å². The van der Waals surface area contributed by atoms with Gasteiger partial charge in [0.1, 0.15) is 5.75 Å². The molecule has 2 aromatic rings. The molecule has 0 aliphatic heterocycles. The average molecular weight is 340 g/mol. The first kappa shape index (κ1) is 17.9. The third-order valence-corrected chi connectivity index (χ3v) is 3.27. The zero-order valence-corrected chi connectivity index (χ0v) is 13.4. The van der Waals surface area contributed by atoms with Crippen molar-refractivity contribution in [3.05, 3.63) is 65.7 Å². The molecule has 25 heavy (non-hydrogen) atoms. The van der Waals surface area contributed by atoms with Gasteiger partial charge in [-0.25, -0.2) is 10.2 Å². The first-order valence-electron chi connectivity index (χ1n) is 7.33. The monoisotopic (exact) mass is 340 g/mol. The SMILES string of the molecule is COC(=O)/C(CC(=O)c1ccc(O)cc1)=N\NC(=O)c1ccccc1. The number of amides is 1. The number of ether oxygens (including phenoxy) is 1. The molecule has 2 rings (SSSR count). The molecule has 0 fully saturated rings. The Morgan fingerprint density at radius 1 is 1.00 bits per heavy atom. The molecular formula is C18H16N2O5. The Labute approximate surface area is 143 Å². The van der Waals surface area contributed by atoms with Crippen LogP contribution in [0, 0.1) is 0 Å². The predicted octanol–water partition coefficient (Wildman–Crippen LogP) is 1.92. The molecule has 128 valence electrons. The fraction of sp³-hybridized carbons (Fsp3) is 0.111. The van der Waals surface area contributed by atoms with Crippen LogP contribution in [0.25, 0.3) is 0 Å². The summed E-state index contributed by atoms with van der Waals surface area (Å²) in [6.07, 6.45) is -0.355. The maximum Gasteiger partial charge on any atom is 0.354 e. The van der Waals surface area contributed by atoms with E-state index < -0.39 is 17.7 Å². The molecule has 7 heteroatoms. The van der Waals surface area contributed by atoms with E-state index in [9.17, 15) is 19.5 Å². The van der Waals surface area contributed by atoms with Crippen LogP contribution in [0.1, 0.15) is 27.1 Å². The third kappa shape index (κ3) is 5.00. The molecule has 0 spiro atoms. The number of ketones is 1. The van der Waals surface area contributed by atoms with Crippen molar-refractivity contribution in [2.24, 2.45) is 5.10 Å². The van der Waals surface area contributed by atoms with Crippen LogP contribution >= 0.6 is 0 Å². The van der Waals surface area contributed by atoms with Crippen LogP contribution in [0.3, 0.4) is 0 Å². The Bertz CT molecular complexity index is 798. The molecule has 0 aliphatic carbocycles. The number of hydrazone groups is 1. The van der Waals surface area contributed by atoms with E-state index in [4.69, 9.17) is 0 Å². The van der Waals surface area contributed by atoms with E-state index in [1.54, 1.807) is 30.3 Å². The standard InChI is InChI=1S/C18H16N2O5/c1-25-18(24)15(11-16(22)12-7-9-14(21)10-8-12)19-20-17(23)13-5-3-2-4-6-13/h2-10,21H,11H2,1H3,(H,20,23)/b19-15-. The lowest BCUT2D eigenvalue weighted by Crippen LogP contribution is -2.26. The fourth-order valence-electron chi connectivity index (χ4n) is 1.95. The highest BCUT2D eigenvalue weighted by atomic mass is 16.5. The van der Waals surface area contributed by atoms with Gasteiger partial charge in [0.2, 0.25) is 0 Å². The lowest BCUT2D eigenvalue weighted by Gasteiger charge is -2.06. The topological polar surface area (TPSA) is 105 Å². The number of nitrogens with zero attached hydrogens (tertiary/aromatic N) is 1. The van der Waals surface area contributed by atoms with Crippen molar-refractivity contribution in [1.82, 2.24) is 5.43 Å². The summed E-state index contributed by atoms with van der Waals surface area (Å²) in [4.78, 5) is 36.0. The maximum absolute atomic E-state index is 12.2. The summed E-state index contributed by atoms with van der Waals surface area (Å²) in [5, 5.41) is 13.0. The smallest absolute Gasteiger partial charge is 0.354 e. The van der Waals surface area contributed by atoms with E-state index in [2.05, 4.69) is 15.3 Å². The Balaban J connectivity index is 2.12. The van der Waals surface area contributed by atoms with E-state index in [0.717, 1.165) is 7.11 Å². The number of esters is 1. The van der Waals surface area contributed by atoms with Crippen molar-refractivity contribution in [2.75, 3.05) is 7.11 Å². The number of aromatic hydroxyl groups is 1. The number of carbonyl (C=O) groups excluding carboxylic acids is 3. The molecule has 2 N–H and O–H groups in total. The minimum atomic E-state index is -0.819. The van der Waals surface area contributed by atoms with Crippen molar-refractivity contribution < 1.29 is 24.2 Å². The molecule has 0 saturated carbocycles. The van der Waals surface area contributed by atoms with Gasteiger partial charge < -0.3 is 9.84 Å². The van der Waals surface area contributed by atoms with Crippen molar-refractivity contribution >= 4 is 23.4 Å². The number of benzene rings is 2. The first-order chi connectivity index (χ1) is 12.0. The summed E-state index contributed by atoms with van der Waals surface area (Å²) in [7, 11) is 1.15. The predicted molar refractivity (Wildman–Crippen MR) is 90.4 cm³/mol. The van der Waals surface area contributed by atoms with Gasteiger partial charge in [-0.05, 0) is 36.4 Å². The van der Waals surface area contributed by atoms with Crippen molar-refractivity contribution in [2.45, 2.75) is 6.42 Å². The van der Waals surface area contributed by atoms with Gasteiger partial charge >= 0.3 is 5.97 Å². The van der Waals surface area contributed by atoms with Crippen LogP contribution in [-0.4, -0.2) is 35.6 Å². The Kier molecular flexibility index (Phi) is 6.00. The van der Waals surface area contributed by atoms with Crippen LogP contribution in [-0.2, 0) is 9.53 Å². The Morgan fingerprint density at radius 2 is 1.64 bits per heavy atom.